The van der Waals surface area contributed by atoms with Crippen LogP contribution in [0.1, 0.15) is 33.3 Å². The van der Waals surface area contributed by atoms with Crippen molar-refractivity contribution in [1.82, 2.24) is 15.6 Å². The number of methoxy groups -OCH3 is 2. The van der Waals surface area contributed by atoms with Gasteiger partial charge in [-0.1, -0.05) is 26.8 Å². The Balaban J connectivity index is 0.00000676. The van der Waals surface area contributed by atoms with Crippen molar-refractivity contribution >= 4 is 29.9 Å². The van der Waals surface area contributed by atoms with E-state index >= 15 is 0 Å². The molecule has 0 bridgehead atoms. The first-order chi connectivity index (χ1) is 12.4. The van der Waals surface area contributed by atoms with Crippen molar-refractivity contribution in [2.75, 3.05) is 40.5 Å². The van der Waals surface area contributed by atoms with Crippen LogP contribution in [0.15, 0.2) is 23.3 Å². The van der Waals surface area contributed by atoms with Gasteiger partial charge in [0, 0.05) is 39.1 Å². The van der Waals surface area contributed by atoms with E-state index in [0.717, 1.165) is 18.1 Å². The molecule has 0 aliphatic heterocycles. The fourth-order valence-electron chi connectivity index (χ4n) is 2.33. The van der Waals surface area contributed by atoms with E-state index < -0.39 is 0 Å². The third-order valence-electron chi connectivity index (χ3n) is 3.83. The molecular formula is C19H35IN4O3. The van der Waals surface area contributed by atoms with Gasteiger partial charge in [0.15, 0.2) is 5.96 Å². The Hall–Kier alpha value is -1.13. The number of rotatable bonds is 10. The molecule has 0 amide bonds. The summed E-state index contributed by atoms with van der Waals surface area (Å²) >= 11 is 0. The fraction of sp³-hybridized carbons (Fsp3) is 0.684. The van der Waals surface area contributed by atoms with Gasteiger partial charge in [0.05, 0.1) is 19.3 Å². The highest BCUT2D eigenvalue weighted by molar-refractivity contribution is 14.0. The van der Waals surface area contributed by atoms with Crippen molar-refractivity contribution in [2.24, 2.45) is 10.4 Å². The molecule has 156 valence electrons. The molecule has 8 heteroatoms. The predicted molar refractivity (Wildman–Crippen MR) is 120 cm³/mol. The highest BCUT2D eigenvalue weighted by atomic mass is 127. The first-order valence-electron chi connectivity index (χ1n) is 9.03. The summed E-state index contributed by atoms with van der Waals surface area (Å²) in [5.74, 6) is 1.33. The number of guanidine groups is 1. The highest BCUT2D eigenvalue weighted by Gasteiger charge is 2.24. The first-order valence-corrected chi connectivity index (χ1v) is 9.03. The number of pyridine rings is 1. The number of halogens is 1. The molecule has 1 aromatic rings. The summed E-state index contributed by atoms with van der Waals surface area (Å²) in [6.45, 7) is 11.4. The van der Waals surface area contributed by atoms with E-state index in [4.69, 9.17) is 14.2 Å². The number of ether oxygens (including phenoxy) is 3. The van der Waals surface area contributed by atoms with Crippen molar-refractivity contribution in [3.05, 3.63) is 23.9 Å². The number of hydrogen-bond donors (Lipinski definition) is 2. The second-order valence-corrected chi connectivity index (χ2v) is 6.98. The molecule has 0 aromatic carbocycles. The van der Waals surface area contributed by atoms with E-state index in [9.17, 15) is 0 Å². The van der Waals surface area contributed by atoms with Gasteiger partial charge in [-0.2, -0.15) is 0 Å². The maximum absolute atomic E-state index is 5.66. The van der Waals surface area contributed by atoms with Crippen molar-refractivity contribution in [3.8, 4) is 5.88 Å². The largest absolute Gasteiger partial charge is 0.475 e. The normalized spacial score (nSPS) is 12.9. The highest BCUT2D eigenvalue weighted by Crippen LogP contribution is 2.21. The van der Waals surface area contributed by atoms with E-state index in [1.54, 1.807) is 20.4 Å². The molecule has 2 N–H and O–H groups in total. The Kier molecular flexibility index (Phi) is 13.4. The van der Waals surface area contributed by atoms with Crippen LogP contribution in [0.5, 0.6) is 5.88 Å². The Morgan fingerprint density at radius 2 is 1.96 bits per heavy atom. The third-order valence-corrected chi connectivity index (χ3v) is 3.83. The maximum Gasteiger partial charge on any atom is 0.218 e. The third kappa shape index (κ3) is 10.1. The summed E-state index contributed by atoms with van der Waals surface area (Å²) in [5, 5.41) is 6.61. The lowest BCUT2D eigenvalue weighted by Crippen LogP contribution is -2.45. The quantitative estimate of drug-likeness (QED) is 0.226. The average molecular weight is 494 g/mol. The zero-order chi connectivity index (χ0) is 19.4. The van der Waals surface area contributed by atoms with Gasteiger partial charge < -0.3 is 24.8 Å². The lowest BCUT2D eigenvalue weighted by Gasteiger charge is -2.30. The van der Waals surface area contributed by atoms with E-state index in [0.29, 0.717) is 32.2 Å². The molecule has 1 rings (SSSR count). The van der Waals surface area contributed by atoms with Crippen LogP contribution in [0.3, 0.4) is 0 Å². The van der Waals surface area contributed by atoms with E-state index in [1.165, 1.54) is 0 Å². The van der Waals surface area contributed by atoms with E-state index in [1.807, 2.05) is 19.1 Å². The van der Waals surface area contributed by atoms with Gasteiger partial charge >= 0.3 is 0 Å². The van der Waals surface area contributed by atoms with Crippen LogP contribution in [0.25, 0.3) is 0 Å². The molecule has 0 saturated carbocycles. The summed E-state index contributed by atoms with van der Waals surface area (Å²) in [6, 6.07) is 3.85. The van der Waals surface area contributed by atoms with Crippen molar-refractivity contribution < 1.29 is 14.2 Å². The van der Waals surface area contributed by atoms with Gasteiger partial charge in [-0.05, 0) is 18.4 Å². The smallest absolute Gasteiger partial charge is 0.218 e. The van der Waals surface area contributed by atoms with Gasteiger partial charge in [0.1, 0.15) is 6.61 Å². The fourth-order valence-corrected chi connectivity index (χ4v) is 2.33. The first kappa shape index (κ1) is 25.9. The van der Waals surface area contributed by atoms with Crippen LogP contribution in [-0.4, -0.2) is 57.6 Å². The molecule has 1 aromatic heterocycles. The Morgan fingerprint density at radius 1 is 1.22 bits per heavy atom. The molecule has 1 unspecified atom stereocenters. The SMILES string of the molecule is CCNC(=NCc1cccnc1OCCOC)NCC(OC)C(C)(C)C.I. The number of aliphatic imine (C=N–C) groups is 1. The van der Waals surface area contributed by atoms with Gasteiger partial charge in [0.25, 0.3) is 0 Å². The predicted octanol–water partition coefficient (Wildman–Crippen LogP) is 2.84. The summed E-state index contributed by atoms with van der Waals surface area (Å²) in [7, 11) is 3.38. The van der Waals surface area contributed by atoms with Crippen molar-refractivity contribution in [2.45, 2.75) is 40.3 Å². The Bertz CT molecular complexity index is 550. The molecular weight excluding hydrogens is 459 g/mol. The van der Waals surface area contributed by atoms with Crippen LogP contribution in [0.2, 0.25) is 0 Å². The maximum atomic E-state index is 5.66. The van der Waals surface area contributed by atoms with Gasteiger partial charge in [-0.25, -0.2) is 9.98 Å². The second kappa shape index (κ2) is 14.0. The molecule has 7 nitrogen and oxygen atoms in total. The zero-order valence-electron chi connectivity index (χ0n) is 17.4. The lowest BCUT2D eigenvalue weighted by molar-refractivity contribution is 0.0205. The standard InChI is InChI=1S/C19H34N4O3.HI/c1-7-20-18(23-14-16(25-6)19(2,3)4)22-13-15-9-8-10-21-17(15)26-12-11-24-5;/h8-10,16H,7,11-14H2,1-6H3,(H2,20,22,23);1H. The molecule has 0 spiro atoms. The Labute approximate surface area is 180 Å². The van der Waals surface area contributed by atoms with Crippen LogP contribution in [0, 0.1) is 5.41 Å². The van der Waals surface area contributed by atoms with Crippen LogP contribution < -0.4 is 15.4 Å². The summed E-state index contributed by atoms with van der Waals surface area (Å²) in [6.07, 6.45) is 1.79. The van der Waals surface area contributed by atoms with E-state index in [2.05, 4.69) is 41.4 Å². The van der Waals surface area contributed by atoms with Crippen LogP contribution in [0.4, 0.5) is 0 Å². The Morgan fingerprint density at radius 3 is 2.56 bits per heavy atom. The monoisotopic (exact) mass is 494 g/mol. The molecule has 1 heterocycles. The minimum atomic E-state index is 0. The van der Waals surface area contributed by atoms with Gasteiger partial charge in [-0.15, -0.1) is 24.0 Å². The van der Waals surface area contributed by atoms with Crippen molar-refractivity contribution in [1.29, 1.82) is 0 Å². The molecule has 0 radical (unpaired) electrons. The van der Waals surface area contributed by atoms with Crippen LogP contribution in [-0.2, 0) is 16.0 Å². The second-order valence-electron chi connectivity index (χ2n) is 6.98. The number of nitrogens with one attached hydrogen (secondary N) is 2. The van der Waals surface area contributed by atoms with Gasteiger partial charge in [-0.3, -0.25) is 0 Å². The number of hydrogen-bond acceptors (Lipinski definition) is 5. The number of aromatic nitrogens is 1. The minimum absolute atomic E-state index is 0. The molecule has 0 saturated heterocycles. The zero-order valence-corrected chi connectivity index (χ0v) is 19.7. The summed E-state index contributed by atoms with van der Waals surface area (Å²) in [4.78, 5) is 8.93. The molecule has 1 atom stereocenters. The molecule has 0 aliphatic carbocycles. The molecule has 0 aliphatic rings. The molecule has 0 fully saturated rings. The number of nitrogens with zero attached hydrogens (tertiary/aromatic N) is 2. The van der Waals surface area contributed by atoms with Crippen LogP contribution >= 0.6 is 24.0 Å². The minimum Gasteiger partial charge on any atom is -0.475 e. The molecule has 27 heavy (non-hydrogen) atoms. The van der Waals surface area contributed by atoms with Crippen molar-refractivity contribution in [3.63, 3.8) is 0 Å². The van der Waals surface area contributed by atoms with Gasteiger partial charge in [0.2, 0.25) is 5.88 Å². The summed E-state index contributed by atoms with van der Waals surface area (Å²) in [5.41, 5.74) is 0.977. The lowest BCUT2D eigenvalue weighted by atomic mass is 9.89. The van der Waals surface area contributed by atoms with E-state index in [-0.39, 0.29) is 35.5 Å². The topological polar surface area (TPSA) is 77.0 Å². The summed E-state index contributed by atoms with van der Waals surface area (Å²) < 4.78 is 16.3. The average Bonchev–Trinajstić information content (AvgIpc) is 2.60.